The Kier molecular flexibility index (Phi) is 6.22. The minimum Gasteiger partial charge on any atom is -0.396 e. The monoisotopic (exact) mass is 321 g/mol. The lowest BCUT2D eigenvalue weighted by Crippen LogP contribution is -2.29. The summed E-state index contributed by atoms with van der Waals surface area (Å²) >= 11 is 0. The number of aryl methyl sites for hydroxylation is 1. The third-order valence-corrected chi connectivity index (χ3v) is 3.32. The molecule has 1 aromatic heterocycles. The molecule has 7 heteroatoms. The van der Waals surface area contributed by atoms with E-state index in [1.807, 2.05) is 6.92 Å². The molecule has 1 amide bonds. The van der Waals surface area contributed by atoms with Crippen LogP contribution in [0.3, 0.4) is 0 Å². The van der Waals surface area contributed by atoms with Crippen molar-refractivity contribution in [3.05, 3.63) is 36.0 Å². The van der Waals surface area contributed by atoms with Gasteiger partial charge in [0, 0.05) is 31.6 Å². The fraction of sp³-hybridized carbons (Fsp3) is 0.438. The largest absolute Gasteiger partial charge is 0.396 e. The molecule has 1 aromatic carbocycles. The summed E-state index contributed by atoms with van der Waals surface area (Å²) in [6, 6.07) is 5.84. The van der Waals surface area contributed by atoms with Gasteiger partial charge in [0.2, 0.25) is 17.6 Å². The number of aliphatic hydroxyl groups is 1. The first-order chi connectivity index (χ1) is 11.1. The number of nitrogens with one attached hydrogen (secondary N) is 1. The van der Waals surface area contributed by atoms with Crippen LogP contribution in [0.1, 0.15) is 25.7 Å². The first kappa shape index (κ1) is 17.1. The molecule has 124 valence electrons. The van der Waals surface area contributed by atoms with E-state index in [1.165, 1.54) is 12.1 Å². The second kappa shape index (κ2) is 8.38. The molecule has 0 fully saturated rings. The van der Waals surface area contributed by atoms with Crippen molar-refractivity contribution in [2.24, 2.45) is 5.92 Å². The molecule has 23 heavy (non-hydrogen) atoms. The molecule has 0 bridgehead atoms. The highest BCUT2D eigenvalue weighted by Gasteiger charge is 2.10. The molecule has 1 atom stereocenters. The minimum absolute atomic E-state index is 0.0492. The second-order valence-electron chi connectivity index (χ2n) is 5.46. The molecule has 2 rings (SSSR count). The molecular formula is C16H20FN3O3. The second-order valence-corrected chi connectivity index (χ2v) is 5.46. The van der Waals surface area contributed by atoms with E-state index in [4.69, 9.17) is 9.63 Å². The summed E-state index contributed by atoms with van der Waals surface area (Å²) in [5.41, 5.74) is 0.678. The van der Waals surface area contributed by atoms with Crippen molar-refractivity contribution in [3.63, 3.8) is 0 Å². The van der Waals surface area contributed by atoms with Crippen molar-refractivity contribution in [2.45, 2.75) is 26.2 Å². The number of nitrogens with zero attached hydrogens (tertiary/aromatic N) is 2. The number of amides is 1. The number of carbonyl (C=O) groups excluding carboxylic acids is 1. The molecule has 0 aliphatic heterocycles. The Morgan fingerprint density at radius 2 is 2.13 bits per heavy atom. The summed E-state index contributed by atoms with van der Waals surface area (Å²) < 4.78 is 18.0. The van der Waals surface area contributed by atoms with Gasteiger partial charge in [0.05, 0.1) is 0 Å². The predicted octanol–water partition coefficient (Wildman–Crippen LogP) is 1.94. The molecule has 0 aliphatic rings. The first-order valence-corrected chi connectivity index (χ1v) is 7.54. The van der Waals surface area contributed by atoms with Crippen molar-refractivity contribution in [2.75, 3.05) is 13.2 Å². The molecule has 0 saturated heterocycles. The van der Waals surface area contributed by atoms with Crippen LogP contribution in [-0.2, 0) is 11.2 Å². The van der Waals surface area contributed by atoms with Gasteiger partial charge in [0.25, 0.3) is 0 Å². The van der Waals surface area contributed by atoms with Gasteiger partial charge in [-0.05, 0) is 36.6 Å². The zero-order valence-electron chi connectivity index (χ0n) is 13.0. The number of rotatable bonds is 8. The van der Waals surface area contributed by atoms with Crippen LogP contribution in [0.5, 0.6) is 0 Å². The summed E-state index contributed by atoms with van der Waals surface area (Å²) in [4.78, 5) is 15.8. The molecule has 0 radical (unpaired) electrons. The lowest BCUT2D eigenvalue weighted by Gasteiger charge is -2.08. The van der Waals surface area contributed by atoms with Gasteiger partial charge >= 0.3 is 0 Å². The van der Waals surface area contributed by atoms with Gasteiger partial charge in [-0.2, -0.15) is 4.98 Å². The number of halogens is 1. The summed E-state index contributed by atoms with van der Waals surface area (Å²) in [5, 5.41) is 15.5. The van der Waals surface area contributed by atoms with Crippen LogP contribution >= 0.6 is 0 Å². The van der Waals surface area contributed by atoms with Crippen LogP contribution in [0.15, 0.2) is 28.8 Å². The van der Waals surface area contributed by atoms with Gasteiger partial charge < -0.3 is 14.9 Å². The van der Waals surface area contributed by atoms with E-state index in [0.717, 1.165) is 0 Å². The van der Waals surface area contributed by atoms with Gasteiger partial charge in [0.15, 0.2) is 0 Å². The van der Waals surface area contributed by atoms with E-state index in [0.29, 0.717) is 43.1 Å². The third-order valence-electron chi connectivity index (χ3n) is 3.32. The van der Waals surface area contributed by atoms with E-state index in [9.17, 15) is 9.18 Å². The Hall–Kier alpha value is -2.28. The molecule has 2 aromatic rings. The van der Waals surface area contributed by atoms with E-state index in [2.05, 4.69) is 15.5 Å². The fourth-order valence-corrected chi connectivity index (χ4v) is 1.91. The average Bonchev–Trinajstić information content (AvgIpc) is 3.02. The fourth-order valence-electron chi connectivity index (χ4n) is 1.91. The van der Waals surface area contributed by atoms with Crippen LogP contribution < -0.4 is 5.32 Å². The molecule has 1 unspecified atom stereocenters. The maximum atomic E-state index is 12.9. The highest BCUT2D eigenvalue weighted by atomic mass is 19.1. The highest BCUT2D eigenvalue weighted by Crippen LogP contribution is 2.16. The molecule has 2 N–H and O–H groups in total. The zero-order valence-corrected chi connectivity index (χ0v) is 13.0. The van der Waals surface area contributed by atoms with Crippen LogP contribution in [-0.4, -0.2) is 34.3 Å². The lowest BCUT2D eigenvalue weighted by molar-refractivity contribution is -0.121. The zero-order chi connectivity index (χ0) is 16.7. The van der Waals surface area contributed by atoms with Gasteiger partial charge in [0.1, 0.15) is 5.82 Å². The Bertz CT molecular complexity index is 628. The summed E-state index contributed by atoms with van der Waals surface area (Å²) in [6.45, 7) is 2.37. The Labute approximate surface area is 133 Å². The topological polar surface area (TPSA) is 88.2 Å². The Morgan fingerprint density at radius 1 is 1.39 bits per heavy atom. The molecule has 0 aliphatic carbocycles. The summed E-state index contributed by atoms with van der Waals surface area (Å²) in [6.07, 6.45) is 1.44. The summed E-state index contributed by atoms with van der Waals surface area (Å²) in [5.74, 6) is 0.512. The number of benzene rings is 1. The number of aromatic nitrogens is 2. The third kappa shape index (κ3) is 5.45. The maximum Gasteiger partial charge on any atom is 0.226 e. The van der Waals surface area contributed by atoms with E-state index >= 15 is 0 Å². The standard InChI is InChI=1S/C16H20FN3O3/c1-11(10-21)9-18-14(22)3-2-4-15-19-16(20-23-15)12-5-7-13(17)8-6-12/h5-8,11,21H,2-4,9-10H2,1H3,(H,18,22). The van der Waals surface area contributed by atoms with Gasteiger partial charge in [-0.3, -0.25) is 4.79 Å². The molecule has 1 heterocycles. The van der Waals surface area contributed by atoms with Crippen molar-refractivity contribution in [1.82, 2.24) is 15.5 Å². The number of hydrogen-bond acceptors (Lipinski definition) is 5. The average molecular weight is 321 g/mol. The van der Waals surface area contributed by atoms with Crippen molar-refractivity contribution in [1.29, 1.82) is 0 Å². The molecule has 0 saturated carbocycles. The smallest absolute Gasteiger partial charge is 0.226 e. The first-order valence-electron chi connectivity index (χ1n) is 7.54. The van der Waals surface area contributed by atoms with Crippen LogP contribution in [0, 0.1) is 11.7 Å². The molecule has 6 nitrogen and oxygen atoms in total. The van der Waals surface area contributed by atoms with E-state index < -0.39 is 0 Å². The SMILES string of the molecule is CC(CO)CNC(=O)CCCc1nc(-c2ccc(F)cc2)no1. The maximum absolute atomic E-state index is 12.9. The van der Waals surface area contributed by atoms with Crippen molar-refractivity contribution >= 4 is 5.91 Å². The molecular weight excluding hydrogens is 301 g/mol. The van der Waals surface area contributed by atoms with E-state index in [-0.39, 0.29) is 24.2 Å². The van der Waals surface area contributed by atoms with Gasteiger partial charge in [-0.1, -0.05) is 12.1 Å². The van der Waals surface area contributed by atoms with Gasteiger partial charge in [-0.25, -0.2) is 4.39 Å². The normalized spacial score (nSPS) is 12.1. The Balaban J connectivity index is 1.77. The van der Waals surface area contributed by atoms with E-state index in [1.54, 1.807) is 12.1 Å². The Morgan fingerprint density at radius 3 is 2.83 bits per heavy atom. The number of carbonyl (C=O) groups is 1. The molecule has 0 spiro atoms. The van der Waals surface area contributed by atoms with Crippen LogP contribution in [0.2, 0.25) is 0 Å². The van der Waals surface area contributed by atoms with Crippen LogP contribution in [0.4, 0.5) is 4.39 Å². The predicted molar refractivity (Wildman–Crippen MR) is 81.9 cm³/mol. The van der Waals surface area contributed by atoms with Crippen molar-refractivity contribution < 1.29 is 18.8 Å². The number of hydrogen-bond donors (Lipinski definition) is 2. The lowest BCUT2D eigenvalue weighted by atomic mass is 10.2. The van der Waals surface area contributed by atoms with Crippen LogP contribution in [0.25, 0.3) is 11.4 Å². The number of aliphatic hydroxyl groups excluding tert-OH is 1. The quantitative estimate of drug-likeness (QED) is 0.776. The highest BCUT2D eigenvalue weighted by molar-refractivity contribution is 5.75. The van der Waals surface area contributed by atoms with Crippen molar-refractivity contribution in [3.8, 4) is 11.4 Å². The minimum atomic E-state index is -0.320. The van der Waals surface area contributed by atoms with Gasteiger partial charge in [-0.15, -0.1) is 0 Å². The summed E-state index contributed by atoms with van der Waals surface area (Å²) in [7, 11) is 0.